The lowest BCUT2D eigenvalue weighted by Crippen LogP contribution is -2.48. The Balaban J connectivity index is 1.77. The lowest BCUT2D eigenvalue weighted by atomic mass is 10.1. The molecule has 2 amide bonds. The van der Waals surface area contributed by atoms with Crippen LogP contribution in [-0.2, 0) is 9.59 Å². The van der Waals surface area contributed by atoms with Gasteiger partial charge in [0.2, 0.25) is 5.91 Å². The Morgan fingerprint density at radius 3 is 2.85 bits per heavy atom. The van der Waals surface area contributed by atoms with Gasteiger partial charge in [0.05, 0.1) is 10.0 Å². The third-order valence-corrected chi connectivity index (χ3v) is 3.63. The van der Waals surface area contributed by atoms with Crippen LogP contribution in [0.15, 0.2) is 18.2 Å². The summed E-state index contributed by atoms with van der Waals surface area (Å²) < 4.78 is 5.32. The van der Waals surface area contributed by atoms with E-state index in [0.717, 1.165) is 0 Å². The van der Waals surface area contributed by atoms with Crippen LogP contribution < -0.4 is 15.4 Å². The quantitative estimate of drug-likeness (QED) is 0.889. The molecule has 0 radical (unpaired) electrons. The Morgan fingerprint density at radius 2 is 2.20 bits per heavy atom. The van der Waals surface area contributed by atoms with Gasteiger partial charge in [-0.25, -0.2) is 0 Å². The maximum absolute atomic E-state index is 11.7. The molecule has 7 heteroatoms. The molecule has 0 bridgehead atoms. The normalized spacial score (nSPS) is 18.3. The van der Waals surface area contributed by atoms with E-state index in [4.69, 9.17) is 27.9 Å². The summed E-state index contributed by atoms with van der Waals surface area (Å²) in [5.41, 5.74) is 0. The average Bonchev–Trinajstić information content (AvgIpc) is 2.43. The molecule has 2 N–H and O–H groups in total. The first-order valence-corrected chi connectivity index (χ1v) is 6.94. The Morgan fingerprint density at radius 1 is 1.40 bits per heavy atom. The molecule has 0 aromatic heterocycles. The molecule has 1 aliphatic rings. The molecule has 1 aromatic rings. The smallest absolute Gasteiger partial charge is 0.258 e. The fraction of sp³-hybridized carbons (Fsp3) is 0.385. The summed E-state index contributed by atoms with van der Waals surface area (Å²) in [6, 6.07) is 4.76. The number of hydrogen-bond donors (Lipinski definition) is 2. The van der Waals surface area contributed by atoms with Crippen LogP contribution in [0.5, 0.6) is 5.75 Å². The highest BCUT2D eigenvalue weighted by atomic mass is 35.5. The van der Waals surface area contributed by atoms with E-state index >= 15 is 0 Å². The molecule has 5 nitrogen and oxygen atoms in total. The molecule has 1 atom stereocenters. The molecular weight excluding hydrogens is 303 g/mol. The maximum atomic E-state index is 11.7. The van der Waals surface area contributed by atoms with Gasteiger partial charge >= 0.3 is 0 Å². The molecule has 1 fully saturated rings. The standard InChI is InChI=1S/C13H14Cl2N2O3/c14-10-3-2-9(5-11(10)15)20-7-13(19)17-8-1-4-12(18)16-6-8/h2-3,5,8H,1,4,6-7H2,(H,16,18)(H,17,19)/t8-/m1/s1. The highest BCUT2D eigenvalue weighted by Crippen LogP contribution is 2.26. The first kappa shape index (κ1) is 14.9. The summed E-state index contributed by atoms with van der Waals surface area (Å²) >= 11 is 11.6. The summed E-state index contributed by atoms with van der Waals surface area (Å²) in [5, 5.41) is 6.30. The van der Waals surface area contributed by atoms with Gasteiger partial charge in [0.25, 0.3) is 5.91 Å². The molecule has 1 heterocycles. The minimum Gasteiger partial charge on any atom is -0.484 e. The summed E-state index contributed by atoms with van der Waals surface area (Å²) in [4.78, 5) is 22.7. The molecular formula is C13H14Cl2N2O3. The molecule has 2 rings (SSSR count). The van der Waals surface area contributed by atoms with E-state index in [1.807, 2.05) is 0 Å². The fourth-order valence-electron chi connectivity index (χ4n) is 1.84. The van der Waals surface area contributed by atoms with Crippen LogP contribution in [0.1, 0.15) is 12.8 Å². The van der Waals surface area contributed by atoms with Crippen molar-refractivity contribution < 1.29 is 14.3 Å². The van der Waals surface area contributed by atoms with Crippen LogP contribution in [0.25, 0.3) is 0 Å². The van der Waals surface area contributed by atoms with Gasteiger partial charge in [-0.3, -0.25) is 9.59 Å². The van der Waals surface area contributed by atoms with Crippen molar-refractivity contribution in [1.29, 1.82) is 0 Å². The number of carbonyl (C=O) groups is 2. The first-order chi connectivity index (χ1) is 9.54. The Kier molecular flexibility index (Phi) is 5.09. The zero-order valence-corrected chi connectivity index (χ0v) is 12.1. The third kappa shape index (κ3) is 4.28. The molecule has 1 aromatic carbocycles. The van der Waals surface area contributed by atoms with Gasteiger partial charge in [0.15, 0.2) is 6.61 Å². The number of halogens is 2. The van der Waals surface area contributed by atoms with E-state index in [0.29, 0.717) is 35.2 Å². The molecule has 1 aliphatic heterocycles. The number of benzene rings is 1. The third-order valence-electron chi connectivity index (χ3n) is 2.89. The molecule has 0 aliphatic carbocycles. The summed E-state index contributed by atoms with van der Waals surface area (Å²) in [7, 11) is 0. The monoisotopic (exact) mass is 316 g/mol. The zero-order chi connectivity index (χ0) is 14.5. The first-order valence-electron chi connectivity index (χ1n) is 6.18. The number of ether oxygens (including phenoxy) is 1. The summed E-state index contributed by atoms with van der Waals surface area (Å²) in [5.74, 6) is 0.256. The van der Waals surface area contributed by atoms with Crippen molar-refractivity contribution in [2.45, 2.75) is 18.9 Å². The van der Waals surface area contributed by atoms with Gasteiger partial charge in [-0.15, -0.1) is 0 Å². The van der Waals surface area contributed by atoms with Crippen molar-refractivity contribution in [3.05, 3.63) is 28.2 Å². The van der Waals surface area contributed by atoms with Crippen LogP contribution in [0.4, 0.5) is 0 Å². The summed E-state index contributed by atoms with van der Waals surface area (Å²) in [6.07, 6.45) is 1.07. The highest BCUT2D eigenvalue weighted by molar-refractivity contribution is 6.42. The van der Waals surface area contributed by atoms with Gasteiger partial charge < -0.3 is 15.4 Å². The second kappa shape index (κ2) is 6.81. The van der Waals surface area contributed by atoms with E-state index in [1.165, 1.54) is 0 Å². The Bertz CT molecular complexity index is 512. The SMILES string of the molecule is O=C1CC[C@@H](NC(=O)COc2ccc(Cl)c(Cl)c2)CN1. The summed E-state index contributed by atoms with van der Waals surface area (Å²) in [6.45, 7) is 0.347. The Labute approximate surface area is 126 Å². The number of hydrogen-bond acceptors (Lipinski definition) is 3. The van der Waals surface area contributed by atoms with Crippen molar-refractivity contribution in [1.82, 2.24) is 10.6 Å². The van der Waals surface area contributed by atoms with Gasteiger partial charge in [-0.05, 0) is 18.6 Å². The van der Waals surface area contributed by atoms with E-state index in [-0.39, 0.29) is 24.5 Å². The van der Waals surface area contributed by atoms with Crippen LogP contribution in [0, 0.1) is 0 Å². The second-order valence-corrected chi connectivity index (χ2v) is 5.29. The van der Waals surface area contributed by atoms with Crippen molar-refractivity contribution in [3.63, 3.8) is 0 Å². The van der Waals surface area contributed by atoms with Gasteiger partial charge in [-0.1, -0.05) is 23.2 Å². The fourth-order valence-corrected chi connectivity index (χ4v) is 2.13. The second-order valence-electron chi connectivity index (χ2n) is 4.47. The molecule has 0 unspecified atom stereocenters. The molecule has 0 spiro atoms. The number of piperidine rings is 1. The van der Waals surface area contributed by atoms with Crippen molar-refractivity contribution in [2.75, 3.05) is 13.2 Å². The average molecular weight is 317 g/mol. The van der Waals surface area contributed by atoms with Crippen LogP contribution in [0.3, 0.4) is 0 Å². The van der Waals surface area contributed by atoms with Crippen LogP contribution in [-0.4, -0.2) is 31.0 Å². The van der Waals surface area contributed by atoms with E-state index in [2.05, 4.69) is 10.6 Å². The van der Waals surface area contributed by atoms with Gasteiger partial charge in [-0.2, -0.15) is 0 Å². The van der Waals surface area contributed by atoms with Gasteiger partial charge in [0.1, 0.15) is 5.75 Å². The topological polar surface area (TPSA) is 67.4 Å². The molecule has 20 heavy (non-hydrogen) atoms. The number of nitrogens with one attached hydrogen (secondary N) is 2. The molecule has 108 valence electrons. The molecule has 1 saturated heterocycles. The molecule has 0 saturated carbocycles. The minimum atomic E-state index is -0.239. The van der Waals surface area contributed by atoms with E-state index < -0.39 is 0 Å². The lowest BCUT2D eigenvalue weighted by Gasteiger charge is -2.23. The van der Waals surface area contributed by atoms with Crippen molar-refractivity contribution in [3.8, 4) is 5.75 Å². The lowest BCUT2D eigenvalue weighted by molar-refractivity contribution is -0.126. The maximum Gasteiger partial charge on any atom is 0.258 e. The minimum absolute atomic E-state index is 0.0163. The number of amides is 2. The Hall–Kier alpha value is -1.46. The number of carbonyl (C=O) groups excluding carboxylic acids is 2. The van der Waals surface area contributed by atoms with E-state index in [9.17, 15) is 9.59 Å². The largest absolute Gasteiger partial charge is 0.484 e. The van der Waals surface area contributed by atoms with E-state index in [1.54, 1.807) is 18.2 Å². The predicted octanol–water partition coefficient (Wildman–Crippen LogP) is 1.77. The highest BCUT2D eigenvalue weighted by Gasteiger charge is 2.19. The van der Waals surface area contributed by atoms with Crippen molar-refractivity contribution >= 4 is 35.0 Å². The van der Waals surface area contributed by atoms with Crippen LogP contribution >= 0.6 is 23.2 Å². The predicted molar refractivity (Wildman–Crippen MR) is 76.1 cm³/mol. The van der Waals surface area contributed by atoms with Crippen LogP contribution in [0.2, 0.25) is 10.0 Å². The van der Waals surface area contributed by atoms with Gasteiger partial charge in [0, 0.05) is 25.1 Å². The van der Waals surface area contributed by atoms with Crippen molar-refractivity contribution in [2.24, 2.45) is 0 Å². The number of rotatable bonds is 4. The zero-order valence-electron chi connectivity index (χ0n) is 10.6.